The van der Waals surface area contributed by atoms with Gasteiger partial charge in [0.25, 0.3) is 0 Å². The normalized spacial score (nSPS) is 11.7. The van der Waals surface area contributed by atoms with Crippen LogP contribution in [0.3, 0.4) is 0 Å². The molecule has 1 heterocycles. The fourth-order valence-electron chi connectivity index (χ4n) is 0.820. The molecule has 74 valence electrons. The van der Waals surface area contributed by atoms with Gasteiger partial charge < -0.3 is 5.32 Å². The third-order valence-corrected chi connectivity index (χ3v) is 2.57. The van der Waals surface area contributed by atoms with E-state index in [2.05, 4.69) is 11.4 Å². The zero-order valence-electron chi connectivity index (χ0n) is 7.56. The summed E-state index contributed by atoms with van der Waals surface area (Å²) in [7, 11) is 0. The van der Waals surface area contributed by atoms with E-state index in [0.29, 0.717) is 6.54 Å². The Morgan fingerprint density at radius 2 is 2.50 bits per heavy atom. The molecule has 6 heteroatoms. The quantitative estimate of drug-likeness (QED) is 0.611. The fourth-order valence-corrected chi connectivity index (χ4v) is 1.55. The van der Waals surface area contributed by atoms with Crippen LogP contribution in [-0.2, 0) is 0 Å². The molecule has 1 N–H and O–H groups in total. The standard InChI is InChI=1S/C8H9N3O2S/c1-6(4-9)5-10-7-2-3-8(14-7)11(12)13/h2-3,6,10H,5H2,1H3. The highest BCUT2D eigenvalue weighted by Gasteiger charge is 2.09. The minimum Gasteiger partial charge on any atom is -0.375 e. The molecule has 0 radical (unpaired) electrons. The number of nitrogens with one attached hydrogen (secondary N) is 1. The molecule has 1 atom stereocenters. The Labute approximate surface area is 85.1 Å². The van der Waals surface area contributed by atoms with Crippen LogP contribution < -0.4 is 5.32 Å². The molecule has 1 aromatic heterocycles. The number of hydrogen-bond acceptors (Lipinski definition) is 5. The second kappa shape index (κ2) is 4.58. The number of thiophene rings is 1. The van der Waals surface area contributed by atoms with Gasteiger partial charge in [-0.1, -0.05) is 0 Å². The summed E-state index contributed by atoms with van der Waals surface area (Å²) in [6, 6.07) is 5.17. The van der Waals surface area contributed by atoms with Gasteiger partial charge in [-0.3, -0.25) is 10.1 Å². The molecule has 0 aliphatic heterocycles. The summed E-state index contributed by atoms with van der Waals surface area (Å²) < 4.78 is 0. The lowest BCUT2D eigenvalue weighted by Gasteiger charge is -2.02. The van der Waals surface area contributed by atoms with E-state index in [1.807, 2.05) is 0 Å². The van der Waals surface area contributed by atoms with Crippen molar-refractivity contribution >= 4 is 21.3 Å². The summed E-state index contributed by atoms with van der Waals surface area (Å²) in [5.41, 5.74) is 0. The number of rotatable bonds is 4. The van der Waals surface area contributed by atoms with Crippen molar-refractivity contribution in [3.05, 3.63) is 22.2 Å². The first-order valence-corrected chi connectivity index (χ1v) is 4.83. The van der Waals surface area contributed by atoms with E-state index in [4.69, 9.17) is 5.26 Å². The van der Waals surface area contributed by atoms with E-state index < -0.39 is 4.92 Å². The van der Waals surface area contributed by atoms with Gasteiger partial charge in [-0.15, -0.1) is 0 Å². The second-order valence-electron chi connectivity index (χ2n) is 2.81. The summed E-state index contributed by atoms with van der Waals surface area (Å²) in [6.45, 7) is 2.29. The zero-order valence-corrected chi connectivity index (χ0v) is 8.37. The van der Waals surface area contributed by atoms with Crippen LogP contribution in [0.2, 0.25) is 0 Å². The zero-order chi connectivity index (χ0) is 10.6. The Bertz CT molecular complexity index is 369. The summed E-state index contributed by atoms with van der Waals surface area (Å²) in [5.74, 6) is -0.101. The van der Waals surface area contributed by atoms with E-state index >= 15 is 0 Å². The van der Waals surface area contributed by atoms with Crippen LogP contribution in [0.1, 0.15) is 6.92 Å². The van der Waals surface area contributed by atoms with Crippen LogP contribution in [0.4, 0.5) is 10.0 Å². The molecule has 0 aliphatic rings. The van der Waals surface area contributed by atoms with Crippen molar-refractivity contribution in [3.63, 3.8) is 0 Å². The fraction of sp³-hybridized carbons (Fsp3) is 0.375. The van der Waals surface area contributed by atoms with Gasteiger partial charge in [0, 0.05) is 12.6 Å². The number of nitrogens with zero attached hydrogens (tertiary/aromatic N) is 2. The van der Waals surface area contributed by atoms with Crippen LogP contribution >= 0.6 is 11.3 Å². The number of hydrogen-bond donors (Lipinski definition) is 1. The van der Waals surface area contributed by atoms with Gasteiger partial charge in [0.15, 0.2) is 0 Å². The predicted octanol–water partition coefficient (Wildman–Crippen LogP) is 2.23. The summed E-state index contributed by atoms with van der Waals surface area (Å²) in [4.78, 5) is 9.92. The van der Waals surface area contributed by atoms with Crippen molar-refractivity contribution in [1.82, 2.24) is 0 Å². The molecule has 1 aromatic rings. The topological polar surface area (TPSA) is 79.0 Å². The van der Waals surface area contributed by atoms with E-state index in [1.54, 1.807) is 13.0 Å². The highest BCUT2D eigenvalue weighted by Crippen LogP contribution is 2.28. The molecule has 1 unspecified atom stereocenters. The molecule has 0 fully saturated rings. The second-order valence-corrected chi connectivity index (χ2v) is 3.87. The first-order chi connectivity index (χ1) is 6.63. The minimum absolute atomic E-state index is 0.101. The first-order valence-electron chi connectivity index (χ1n) is 4.01. The van der Waals surface area contributed by atoms with E-state index in [9.17, 15) is 10.1 Å². The van der Waals surface area contributed by atoms with Gasteiger partial charge in [-0.05, 0) is 24.3 Å². The average molecular weight is 211 g/mol. The third-order valence-electron chi connectivity index (χ3n) is 1.57. The number of nitro groups is 1. The molecule has 0 bridgehead atoms. The average Bonchev–Trinajstić information content (AvgIpc) is 2.62. The van der Waals surface area contributed by atoms with Gasteiger partial charge in [-0.2, -0.15) is 5.26 Å². The SMILES string of the molecule is CC(C#N)CNc1ccc([N+](=O)[O-])s1. The van der Waals surface area contributed by atoms with Gasteiger partial charge in [0.05, 0.1) is 21.9 Å². The van der Waals surface area contributed by atoms with Crippen molar-refractivity contribution < 1.29 is 4.92 Å². The molecule has 1 rings (SSSR count). The van der Waals surface area contributed by atoms with Crippen molar-refractivity contribution in [3.8, 4) is 6.07 Å². The molecule has 5 nitrogen and oxygen atoms in total. The predicted molar refractivity (Wildman–Crippen MR) is 54.2 cm³/mol. The van der Waals surface area contributed by atoms with Crippen molar-refractivity contribution in [2.24, 2.45) is 5.92 Å². The molecular weight excluding hydrogens is 202 g/mol. The Balaban J connectivity index is 2.53. The highest BCUT2D eigenvalue weighted by atomic mass is 32.1. The van der Waals surface area contributed by atoms with Crippen LogP contribution in [0.25, 0.3) is 0 Å². The lowest BCUT2D eigenvalue weighted by atomic mass is 10.2. The number of anilines is 1. The lowest BCUT2D eigenvalue weighted by molar-refractivity contribution is -0.380. The Morgan fingerprint density at radius 3 is 3.00 bits per heavy atom. The largest absolute Gasteiger partial charge is 0.375 e. The van der Waals surface area contributed by atoms with Crippen LogP contribution in [0.15, 0.2) is 12.1 Å². The molecule has 14 heavy (non-hydrogen) atoms. The van der Waals surface area contributed by atoms with Crippen LogP contribution in [-0.4, -0.2) is 11.5 Å². The minimum atomic E-state index is -0.427. The summed E-state index contributed by atoms with van der Waals surface area (Å²) in [6.07, 6.45) is 0. The maximum absolute atomic E-state index is 10.3. The Morgan fingerprint density at radius 1 is 1.79 bits per heavy atom. The Hall–Kier alpha value is -1.61. The number of nitriles is 1. The maximum Gasteiger partial charge on any atom is 0.326 e. The Kier molecular flexibility index (Phi) is 3.42. The van der Waals surface area contributed by atoms with Crippen molar-refractivity contribution in [2.75, 3.05) is 11.9 Å². The van der Waals surface area contributed by atoms with E-state index in [0.717, 1.165) is 16.3 Å². The van der Waals surface area contributed by atoms with Gasteiger partial charge in [0.2, 0.25) is 0 Å². The molecule has 0 aliphatic carbocycles. The molecule has 0 aromatic carbocycles. The van der Waals surface area contributed by atoms with Crippen LogP contribution in [0, 0.1) is 27.4 Å². The molecule has 0 saturated carbocycles. The van der Waals surface area contributed by atoms with Crippen molar-refractivity contribution in [1.29, 1.82) is 5.26 Å². The van der Waals surface area contributed by atoms with Gasteiger partial charge in [0.1, 0.15) is 0 Å². The molecule has 0 amide bonds. The molecule has 0 saturated heterocycles. The first kappa shape index (κ1) is 10.5. The summed E-state index contributed by atoms with van der Waals surface area (Å²) in [5, 5.41) is 22.6. The maximum atomic E-state index is 10.3. The van der Waals surface area contributed by atoms with Gasteiger partial charge in [-0.25, -0.2) is 0 Å². The molecular formula is C8H9N3O2S. The smallest absolute Gasteiger partial charge is 0.326 e. The third kappa shape index (κ3) is 2.71. The van der Waals surface area contributed by atoms with E-state index in [1.165, 1.54) is 6.07 Å². The highest BCUT2D eigenvalue weighted by molar-refractivity contribution is 7.19. The summed E-state index contributed by atoms with van der Waals surface area (Å²) >= 11 is 1.07. The molecule has 0 spiro atoms. The van der Waals surface area contributed by atoms with E-state index in [-0.39, 0.29) is 10.9 Å². The lowest BCUT2D eigenvalue weighted by Crippen LogP contribution is -2.07. The van der Waals surface area contributed by atoms with Gasteiger partial charge >= 0.3 is 5.00 Å². The van der Waals surface area contributed by atoms with Crippen LogP contribution in [0.5, 0.6) is 0 Å². The van der Waals surface area contributed by atoms with Crippen molar-refractivity contribution in [2.45, 2.75) is 6.92 Å². The monoisotopic (exact) mass is 211 g/mol.